The van der Waals surface area contributed by atoms with Crippen LogP contribution in [0.15, 0.2) is 78.2 Å². The molecule has 2 aromatic heterocycles. The number of rotatable bonds is 6. The Morgan fingerprint density at radius 2 is 1.83 bits per heavy atom. The van der Waals surface area contributed by atoms with Crippen LogP contribution in [0, 0.1) is 0 Å². The highest BCUT2D eigenvalue weighted by molar-refractivity contribution is 7.98. The smallest absolute Gasteiger partial charge is 0.196 e. The van der Waals surface area contributed by atoms with E-state index < -0.39 is 0 Å². The Bertz CT molecular complexity index is 1090. The molecular formula is C23H22N4OS. The Balaban J connectivity index is 1.79. The van der Waals surface area contributed by atoms with Gasteiger partial charge >= 0.3 is 0 Å². The zero-order valence-electron chi connectivity index (χ0n) is 16.4. The van der Waals surface area contributed by atoms with Gasteiger partial charge in [0.05, 0.1) is 5.56 Å². The molecule has 0 saturated carbocycles. The van der Waals surface area contributed by atoms with E-state index in [1.807, 2.05) is 65.4 Å². The van der Waals surface area contributed by atoms with Crippen LogP contribution in [-0.2, 0) is 5.75 Å². The van der Waals surface area contributed by atoms with E-state index in [9.17, 15) is 5.11 Å². The van der Waals surface area contributed by atoms with Crippen molar-refractivity contribution in [2.24, 2.45) is 0 Å². The molecular weight excluding hydrogens is 380 g/mol. The average molecular weight is 403 g/mol. The van der Waals surface area contributed by atoms with E-state index in [4.69, 9.17) is 0 Å². The molecule has 29 heavy (non-hydrogen) atoms. The molecule has 0 radical (unpaired) electrons. The molecule has 0 aliphatic rings. The summed E-state index contributed by atoms with van der Waals surface area (Å²) in [6, 6.07) is 19.6. The first kappa shape index (κ1) is 19.2. The lowest BCUT2D eigenvalue weighted by molar-refractivity contribution is 0.476. The molecule has 4 aromatic rings. The van der Waals surface area contributed by atoms with Crippen LogP contribution in [0.5, 0.6) is 5.75 Å². The molecule has 2 heterocycles. The number of benzene rings is 2. The predicted octanol–water partition coefficient (Wildman–Crippen LogP) is 5.45. The molecule has 0 aliphatic carbocycles. The van der Waals surface area contributed by atoms with Crippen molar-refractivity contribution in [2.75, 3.05) is 0 Å². The maximum Gasteiger partial charge on any atom is 0.196 e. The van der Waals surface area contributed by atoms with Gasteiger partial charge in [-0.15, -0.1) is 10.2 Å². The molecule has 0 bridgehead atoms. The second-order valence-electron chi connectivity index (χ2n) is 7.06. The van der Waals surface area contributed by atoms with Crippen molar-refractivity contribution >= 4 is 11.8 Å². The monoisotopic (exact) mass is 402 g/mol. The third kappa shape index (κ3) is 4.17. The van der Waals surface area contributed by atoms with Crippen LogP contribution in [0.4, 0.5) is 0 Å². The topological polar surface area (TPSA) is 63.8 Å². The number of aromatic hydroxyl groups is 1. The molecule has 0 amide bonds. The lowest BCUT2D eigenvalue weighted by Gasteiger charge is -2.13. The molecule has 1 N–H and O–H groups in total. The second kappa shape index (κ2) is 8.49. The zero-order chi connectivity index (χ0) is 20.2. The number of para-hydroxylation sites is 1. The van der Waals surface area contributed by atoms with Crippen LogP contribution in [0.25, 0.3) is 17.1 Å². The third-order valence-electron chi connectivity index (χ3n) is 4.67. The summed E-state index contributed by atoms with van der Waals surface area (Å²) in [4.78, 5) is 4.18. The number of hydrogen-bond acceptors (Lipinski definition) is 5. The number of thioether (sulfide) groups is 1. The van der Waals surface area contributed by atoms with Crippen LogP contribution >= 0.6 is 11.8 Å². The van der Waals surface area contributed by atoms with E-state index in [1.54, 1.807) is 24.0 Å². The minimum absolute atomic E-state index is 0.197. The molecule has 6 heteroatoms. The molecule has 0 atom stereocenters. The van der Waals surface area contributed by atoms with Gasteiger partial charge in [-0.25, -0.2) is 0 Å². The van der Waals surface area contributed by atoms with Crippen molar-refractivity contribution in [3.8, 4) is 22.8 Å². The molecule has 0 unspecified atom stereocenters. The summed E-state index contributed by atoms with van der Waals surface area (Å²) in [6.45, 7) is 4.26. The van der Waals surface area contributed by atoms with Gasteiger partial charge in [0, 0.05) is 23.8 Å². The minimum atomic E-state index is 0.197. The van der Waals surface area contributed by atoms with Crippen LogP contribution in [0.3, 0.4) is 0 Å². The maximum absolute atomic E-state index is 10.6. The molecule has 0 aliphatic heterocycles. The van der Waals surface area contributed by atoms with E-state index >= 15 is 0 Å². The lowest BCUT2D eigenvalue weighted by atomic mass is 10.00. The lowest BCUT2D eigenvalue weighted by Crippen LogP contribution is -2.00. The Morgan fingerprint density at radius 1 is 1.00 bits per heavy atom. The van der Waals surface area contributed by atoms with Crippen molar-refractivity contribution < 1.29 is 5.11 Å². The molecule has 0 saturated heterocycles. The van der Waals surface area contributed by atoms with Gasteiger partial charge in [-0.1, -0.05) is 55.9 Å². The van der Waals surface area contributed by atoms with Gasteiger partial charge in [0.2, 0.25) is 0 Å². The highest BCUT2D eigenvalue weighted by atomic mass is 32.2. The zero-order valence-corrected chi connectivity index (χ0v) is 17.2. The fraction of sp³-hybridized carbons (Fsp3) is 0.174. The van der Waals surface area contributed by atoms with E-state index in [2.05, 4.69) is 29.0 Å². The Morgan fingerprint density at radius 3 is 2.55 bits per heavy atom. The second-order valence-corrected chi connectivity index (χ2v) is 8.00. The first-order valence-electron chi connectivity index (χ1n) is 9.49. The Hall–Kier alpha value is -3.12. The van der Waals surface area contributed by atoms with Gasteiger partial charge in [0.15, 0.2) is 11.0 Å². The Labute approximate surface area is 174 Å². The molecule has 0 spiro atoms. The van der Waals surface area contributed by atoms with Crippen LogP contribution in [-0.4, -0.2) is 24.9 Å². The molecule has 0 fully saturated rings. The standard InChI is InChI=1S/C23H22N4OS/c1-16(2)18-10-11-21(28)20(13-18)22-25-26-23(27(22)19-8-4-3-5-9-19)29-15-17-7-6-12-24-14-17/h3-14,16,28H,15H2,1-2H3. The fourth-order valence-corrected chi connectivity index (χ4v) is 3.96. The van der Waals surface area contributed by atoms with Gasteiger partial charge in [-0.05, 0) is 47.4 Å². The van der Waals surface area contributed by atoms with Crippen LogP contribution in [0.2, 0.25) is 0 Å². The van der Waals surface area contributed by atoms with Gasteiger partial charge in [-0.2, -0.15) is 0 Å². The van der Waals surface area contributed by atoms with Crippen molar-refractivity contribution in [1.29, 1.82) is 0 Å². The Kier molecular flexibility index (Phi) is 5.62. The van der Waals surface area contributed by atoms with Gasteiger partial charge < -0.3 is 5.11 Å². The molecule has 2 aromatic carbocycles. The van der Waals surface area contributed by atoms with E-state index in [-0.39, 0.29) is 5.75 Å². The summed E-state index contributed by atoms with van der Waals surface area (Å²) in [5.74, 6) is 1.91. The SMILES string of the molecule is CC(C)c1ccc(O)c(-c2nnc(SCc3cccnc3)n2-c2ccccc2)c1. The normalized spacial score (nSPS) is 11.1. The van der Waals surface area contributed by atoms with Crippen LogP contribution < -0.4 is 0 Å². The van der Waals surface area contributed by atoms with Gasteiger partial charge in [-0.3, -0.25) is 9.55 Å². The maximum atomic E-state index is 10.6. The number of phenolic OH excluding ortho intramolecular Hbond substituents is 1. The van der Waals surface area contributed by atoms with Gasteiger partial charge in [0.1, 0.15) is 5.75 Å². The number of pyridine rings is 1. The quantitative estimate of drug-likeness (QED) is 0.435. The summed E-state index contributed by atoms with van der Waals surface area (Å²) in [5.41, 5.74) is 3.90. The summed E-state index contributed by atoms with van der Waals surface area (Å²) in [5, 5.41) is 20.2. The number of phenols is 1. The van der Waals surface area contributed by atoms with Crippen molar-refractivity contribution in [2.45, 2.75) is 30.7 Å². The van der Waals surface area contributed by atoms with Gasteiger partial charge in [0.25, 0.3) is 0 Å². The third-order valence-corrected chi connectivity index (χ3v) is 5.67. The average Bonchev–Trinajstić information content (AvgIpc) is 3.17. The van der Waals surface area contributed by atoms with E-state index in [1.165, 1.54) is 0 Å². The molecule has 146 valence electrons. The highest BCUT2D eigenvalue weighted by Crippen LogP contribution is 2.35. The van der Waals surface area contributed by atoms with E-state index in [0.717, 1.165) is 27.7 Å². The minimum Gasteiger partial charge on any atom is -0.507 e. The fourth-order valence-electron chi connectivity index (χ4n) is 3.07. The predicted molar refractivity (Wildman–Crippen MR) is 116 cm³/mol. The number of aromatic nitrogens is 4. The summed E-state index contributed by atoms with van der Waals surface area (Å²) in [7, 11) is 0. The summed E-state index contributed by atoms with van der Waals surface area (Å²) >= 11 is 1.59. The highest BCUT2D eigenvalue weighted by Gasteiger charge is 2.19. The number of hydrogen-bond donors (Lipinski definition) is 1. The number of nitrogens with zero attached hydrogens (tertiary/aromatic N) is 4. The molecule has 5 nitrogen and oxygen atoms in total. The molecule has 4 rings (SSSR count). The van der Waals surface area contributed by atoms with Crippen LogP contribution in [0.1, 0.15) is 30.9 Å². The largest absolute Gasteiger partial charge is 0.507 e. The van der Waals surface area contributed by atoms with Crippen molar-refractivity contribution in [3.63, 3.8) is 0 Å². The summed E-state index contributed by atoms with van der Waals surface area (Å²) in [6.07, 6.45) is 3.62. The van der Waals surface area contributed by atoms with Crippen molar-refractivity contribution in [1.82, 2.24) is 19.7 Å². The van der Waals surface area contributed by atoms with E-state index in [0.29, 0.717) is 17.3 Å². The first-order valence-corrected chi connectivity index (χ1v) is 10.5. The summed E-state index contributed by atoms with van der Waals surface area (Å²) < 4.78 is 2.00. The van der Waals surface area contributed by atoms with Crippen molar-refractivity contribution in [3.05, 3.63) is 84.2 Å². The first-order chi connectivity index (χ1) is 14.1.